The molecule has 1 fully saturated rings. The summed E-state index contributed by atoms with van der Waals surface area (Å²) in [6.07, 6.45) is 2.08. The third kappa shape index (κ3) is 4.72. The number of benzene rings is 1. The second-order valence-electron chi connectivity index (χ2n) is 7.05. The van der Waals surface area contributed by atoms with Crippen LogP contribution in [0.5, 0.6) is 11.6 Å². The Hall–Kier alpha value is -3.10. The van der Waals surface area contributed by atoms with Gasteiger partial charge in [0.15, 0.2) is 0 Å². The van der Waals surface area contributed by atoms with Crippen molar-refractivity contribution in [3.63, 3.8) is 0 Å². The van der Waals surface area contributed by atoms with E-state index in [0.717, 1.165) is 29.9 Å². The summed E-state index contributed by atoms with van der Waals surface area (Å²) >= 11 is 1.52. The Bertz CT molecular complexity index is 1000. The van der Waals surface area contributed by atoms with E-state index in [9.17, 15) is 9.90 Å². The third-order valence-corrected chi connectivity index (χ3v) is 5.83. The number of amides is 1. The highest BCUT2D eigenvalue weighted by Crippen LogP contribution is 2.29. The summed E-state index contributed by atoms with van der Waals surface area (Å²) in [6.45, 7) is 1.17. The summed E-state index contributed by atoms with van der Waals surface area (Å²) in [4.78, 5) is 18.1. The molecule has 2 unspecified atom stereocenters. The van der Waals surface area contributed by atoms with Crippen molar-refractivity contribution in [2.24, 2.45) is 0 Å². The minimum Gasteiger partial charge on any atom is -0.508 e. The lowest BCUT2D eigenvalue weighted by Gasteiger charge is -2.19. The molecule has 1 amide bonds. The van der Waals surface area contributed by atoms with Crippen LogP contribution in [0.15, 0.2) is 53.9 Å². The van der Waals surface area contributed by atoms with Crippen LogP contribution in [0.2, 0.25) is 0 Å². The molecular weight excluding hydrogens is 402 g/mol. The minimum absolute atomic E-state index is 0.0739. The van der Waals surface area contributed by atoms with Crippen molar-refractivity contribution >= 4 is 23.1 Å². The number of anilines is 1. The van der Waals surface area contributed by atoms with Crippen molar-refractivity contribution < 1.29 is 19.4 Å². The lowest BCUT2D eigenvalue weighted by molar-refractivity contribution is 0.0663. The van der Waals surface area contributed by atoms with Gasteiger partial charge >= 0.3 is 0 Å². The zero-order valence-corrected chi connectivity index (χ0v) is 17.1. The molecule has 3 heterocycles. The van der Waals surface area contributed by atoms with E-state index in [1.807, 2.05) is 23.6 Å². The van der Waals surface area contributed by atoms with Crippen LogP contribution in [-0.2, 0) is 4.74 Å². The van der Waals surface area contributed by atoms with E-state index in [2.05, 4.69) is 10.3 Å². The molecule has 4 N–H and O–H groups in total. The molecule has 8 heteroatoms. The zero-order chi connectivity index (χ0) is 20.9. The van der Waals surface area contributed by atoms with E-state index in [1.54, 1.807) is 30.3 Å². The lowest BCUT2D eigenvalue weighted by atomic mass is 10.0. The van der Waals surface area contributed by atoms with Crippen LogP contribution < -0.4 is 15.8 Å². The number of hydrogen-bond donors (Lipinski definition) is 3. The number of nitrogens with zero attached hydrogens (tertiary/aromatic N) is 1. The number of aromatic hydroxyl groups is 1. The van der Waals surface area contributed by atoms with Gasteiger partial charge in [-0.1, -0.05) is 18.2 Å². The maximum Gasteiger partial charge on any atom is 0.255 e. The molecule has 156 valence electrons. The van der Waals surface area contributed by atoms with Gasteiger partial charge in [0.25, 0.3) is 5.91 Å². The molecule has 1 aliphatic heterocycles. The Morgan fingerprint density at radius 2 is 2.23 bits per heavy atom. The molecule has 2 aromatic heterocycles. The number of nitrogen functional groups attached to an aromatic ring is 1. The summed E-state index contributed by atoms with van der Waals surface area (Å²) in [5.41, 5.74) is 7.08. The van der Waals surface area contributed by atoms with Gasteiger partial charge in [-0.2, -0.15) is 4.98 Å². The van der Waals surface area contributed by atoms with E-state index in [4.69, 9.17) is 15.2 Å². The Balaban J connectivity index is 1.49. The number of thiophene rings is 1. The topological polar surface area (TPSA) is 107 Å². The molecule has 0 radical (unpaired) electrons. The van der Waals surface area contributed by atoms with Gasteiger partial charge in [0.1, 0.15) is 18.2 Å². The average molecular weight is 426 g/mol. The van der Waals surface area contributed by atoms with Crippen LogP contribution in [0.25, 0.3) is 0 Å². The fraction of sp³-hybridized carbons (Fsp3) is 0.273. The highest BCUT2D eigenvalue weighted by Gasteiger charge is 2.22. The van der Waals surface area contributed by atoms with Crippen LogP contribution in [-0.4, -0.2) is 35.3 Å². The Kier molecular flexibility index (Phi) is 6.15. The van der Waals surface area contributed by atoms with Gasteiger partial charge in [0.05, 0.1) is 17.7 Å². The normalized spacial score (nSPS) is 16.9. The lowest BCUT2D eigenvalue weighted by Crippen LogP contribution is -2.29. The third-order valence-electron chi connectivity index (χ3n) is 4.89. The van der Waals surface area contributed by atoms with Crippen molar-refractivity contribution in [1.29, 1.82) is 0 Å². The quantitative estimate of drug-likeness (QED) is 0.535. The summed E-state index contributed by atoms with van der Waals surface area (Å²) in [5, 5.41) is 14.8. The first-order valence-electron chi connectivity index (χ1n) is 9.74. The Morgan fingerprint density at radius 1 is 1.33 bits per heavy atom. The van der Waals surface area contributed by atoms with E-state index in [1.165, 1.54) is 11.3 Å². The summed E-state index contributed by atoms with van der Waals surface area (Å²) in [7, 11) is 0. The number of nitrogens with one attached hydrogen (secondary N) is 1. The number of ether oxygens (including phenoxy) is 2. The standard InChI is InChI=1S/C22H23N3O4S/c23-21-17(8-9-19(24-21)29-13-16-6-2-10-28-16)22(27)25-20(18-7-3-11-30-18)14-4-1-5-15(26)12-14/h1,3-5,7-9,11-12,16,20,26H,2,6,10,13H2,(H2,23,24)(H,25,27). The first-order chi connectivity index (χ1) is 14.6. The molecule has 0 saturated carbocycles. The molecule has 2 atom stereocenters. The van der Waals surface area contributed by atoms with E-state index in [-0.39, 0.29) is 29.1 Å². The molecule has 0 bridgehead atoms. The van der Waals surface area contributed by atoms with Gasteiger partial charge in [0.2, 0.25) is 5.88 Å². The fourth-order valence-electron chi connectivity index (χ4n) is 3.37. The number of rotatable bonds is 7. The Labute approximate surface area is 178 Å². The second-order valence-corrected chi connectivity index (χ2v) is 8.02. The monoisotopic (exact) mass is 425 g/mol. The number of nitrogens with two attached hydrogens (primary N) is 1. The first-order valence-corrected chi connectivity index (χ1v) is 10.6. The smallest absolute Gasteiger partial charge is 0.255 e. The van der Waals surface area contributed by atoms with Crippen LogP contribution in [0.4, 0.5) is 5.82 Å². The molecule has 3 aromatic rings. The Morgan fingerprint density at radius 3 is 2.93 bits per heavy atom. The van der Waals surface area contributed by atoms with E-state index < -0.39 is 6.04 Å². The molecule has 1 aliphatic rings. The maximum atomic E-state index is 13.0. The maximum absolute atomic E-state index is 13.0. The summed E-state index contributed by atoms with van der Waals surface area (Å²) < 4.78 is 11.2. The van der Waals surface area contributed by atoms with Crippen molar-refractivity contribution in [2.75, 3.05) is 18.9 Å². The molecule has 30 heavy (non-hydrogen) atoms. The predicted molar refractivity (Wildman–Crippen MR) is 115 cm³/mol. The van der Waals surface area contributed by atoms with Gasteiger partial charge in [-0.15, -0.1) is 11.3 Å². The van der Waals surface area contributed by atoms with Gasteiger partial charge < -0.3 is 25.6 Å². The van der Waals surface area contributed by atoms with E-state index in [0.29, 0.717) is 12.5 Å². The number of phenolic OH excluding ortho intramolecular Hbond substituents is 1. The number of phenols is 1. The van der Waals surface area contributed by atoms with Gasteiger partial charge in [0, 0.05) is 17.6 Å². The average Bonchev–Trinajstić information content (AvgIpc) is 3.44. The zero-order valence-electron chi connectivity index (χ0n) is 16.3. The number of carbonyl (C=O) groups is 1. The SMILES string of the molecule is Nc1nc(OCC2CCCO2)ccc1C(=O)NC(c1cccc(O)c1)c1cccs1. The summed E-state index contributed by atoms with van der Waals surface area (Å²) in [6, 6.07) is 13.5. The highest BCUT2D eigenvalue weighted by molar-refractivity contribution is 7.10. The van der Waals surface area contributed by atoms with Crippen molar-refractivity contribution in [2.45, 2.75) is 25.0 Å². The van der Waals surface area contributed by atoms with Crippen molar-refractivity contribution in [3.05, 3.63) is 69.9 Å². The molecular formula is C22H23N3O4S. The van der Waals surface area contributed by atoms with Crippen LogP contribution in [0, 0.1) is 0 Å². The number of hydrogen-bond acceptors (Lipinski definition) is 7. The molecule has 7 nitrogen and oxygen atoms in total. The van der Waals surface area contributed by atoms with Crippen LogP contribution >= 0.6 is 11.3 Å². The summed E-state index contributed by atoms with van der Waals surface area (Å²) in [5.74, 6) is 0.241. The number of carbonyl (C=O) groups excluding carboxylic acids is 1. The molecule has 0 aliphatic carbocycles. The van der Waals surface area contributed by atoms with Crippen molar-refractivity contribution in [1.82, 2.24) is 10.3 Å². The van der Waals surface area contributed by atoms with Gasteiger partial charge in [-0.05, 0) is 48.1 Å². The largest absolute Gasteiger partial charge is 0.508 e. The second kappa shape index (κ2) is 9.15. The highest BCUT2D eigenvalue weighted by atomic mass is 32.1. The van der Waals surface area contributed by atoms with Crippen LogP contribution in [0.3, 0.4) is 0 Å². The van der Waals surface area contributed by atoms with E-state index >= 15 is 0 Å². The predicted octanol–water partition coefficient (Wildman–Crippen LogP) is 3.51. The molecule has 1 aromatic carbocycles. The fourth-order valence-corrected chi connectivity index (χ4v) is 4.17. The first kappa shape index (κ1) is 20.2. The van der Waals surface area contributed by atoms with Gasteiger partial charge in [-0.3, -0.25) is 4.79 Å². The molecule has 4 rings (SSSR count). The number of pyridine rings is 1. The molecule has 0 spiro atoms. The molecule has 1 saturated heterocycles. The van der Waals surface area contributed by atoms with Crippen LogP contribution in [0.1, 0.15) is 39.7 Å². The van der Waals surface area contributed by atoms with Crippen molar-refractivity contribution in [3.8, 4) is 11.6 Å². The van der Waals surface area contributed by atoms with Gasteiger partial charge in [-0.25, -0.2) is 0 Å². The minimum atomic E-state index is -0.417. The number of aromatic nitrogens is 1.